The highest BCUT2D eigenvalue weighted by atomic mass is 79.9. The minimum Gasteiger partial charge on any atom is -0.350 e. The molecule has 1 aromatic carbocycles. The quantitative estimate of drug-likeness (QED) is 0.847. The van der Waals surface area contributed by atoms with Crippen molar-refractivity contribution in [2.24, 2.45) is 0 Å². The summed E-state index contributed by atoms with van der Waals surface area (Å²) in [7, 11) is 0. The maximum atomic E-state index is 11.8. The molecule has 18 heavy (non-hydrogen) atoms. The van der Waals surface area contributed by atoms with Crippen LogP contribution >= 0.6 is 15.9 Å². The lowest BCUT2D eigenvalue weighted by Crippen LogP contribution is -2.34. The Hall–Kier alpha value is -0.870. The lowest BCUT2D eigenvalue weighted by atomic mass is 10.1. The minimum atomic E-state index is 0.0411. The van der Waals surface area contributed by atoms with E-state index in [0.717, 1.165) is 16.6 Å². The Kier molecular flexibility index (Phi) is 6.36. The third-order valence-electron chi connectivity index (χ3n) is 2.79. The molecule has 0 bridgehead atoms. The molecule has 0 aromatic heterocycles. The van der Waals surface area contributed by atoms with Crippen LogP contribution in [0.5, 0.6) is 0 Å². The lowest BCUT2D eigenvalue weighted by Gasteiger charge is -2.17. The van der Waals surface area contributed by atoms with Gasteiger partial charge in [0.15, 0.2) is 0 Å². The SMILES string of the molecule is CCNC(C)CC(=O)N[C@@H](C)c1ccc(Br)cc1. The van der Waals surface area contributed by atoms with Gasteiger partial charge in [-0.05, 0) is 38.1 Å². The smallest absolute Gasteiger partial charge is 0.222 e. The molecule has 0 aliphatic carbocycles. The molecule has 3 nitrogen and oxygen atoms in total. The molecule has 2 atom stereocenters. The monoisotopic (exact) mass is 312 g/mol. The Morgan fingerprint density at radius 3 is 2.44 bits per heavy atom. The summed E-state index contributed by atoms with van der Waals surface area (Å²) in [6.07, 6.45) is 0.509. The normalized spacial score (nSPS) is 14.0. The zero-order valence-electron chi connectivity index (χ0n) is 11.2. The molecule has 1 aromatic rings. The maximum Gasteiger partial charge on any atom is 0.222 e. The molecule has 2 N–H and O–H groups in total. The third kappa shape index (κ3) is 5.19. The number of halogens is 1. The Balaban J connectivity index is 2.46. The molecule has 0 fully saturated rings. The Morgan fingerprint density at radius 1 is 1.28 bits per heavy atom. The van der Waals surface area contributed by atoms with Gasteiger partial charge in [-0.1, -0.05) is 35.0 Å². The number of carbonyl (C=O) groups is 1. The summed E-state index contributed by atoms with van der Waals surface area (Å²) in [6, 6.07) is 8.26. The van der Waals surface area contributed by atoms with Crippen LogP contribution in [0.15, 0.2) is 28.7 Å². The van der Waals surface area contributed by atoms with Crippen molar-refractivity contribution in [3.8, 4) is 0 Å². The van der Waals surface area contributed by atoms with Gasteiger partial charge in [-0.2, -0.15) is 0 Å². The zero-order chi connectivity index (χ0) is 13.5. The van der Waals surface area contributed by atoms with Gasteiger partial charge in [0.1, 0.15) is 0 Å². The molecule has 4 heteroatoms. The molecule has 0 radical (unpaired) electrons. The van der Waals surface area contributed by atoms with Crippen LogP contribution in [-0.2, 0) is 4.79 Å². The predicted octanol–water partition coefficient (Wildman–Crippen LogP) is 3.01. The van der Waals surface area contributed by atoms with Crippen molar-refractivity contribution in [2.75, 3.05) is 6.54 Å². The van der Waals surface area contributed by atoms with Crippen LogP contribution < -0.4 is 10.6 Å². The highest BCUT2D eigenvalue weighted by Gasteiger charge is 2.12. The van der Waals surface area contributed by atoms with E-state index in [2.05, 4.69) is 26.6 Å². The number of amides is 1. The van der Waals surface area contributed by atoms with Crippen molar-refractivity contribution in [2.45, 2.75) is 39.3 Å². The second-order valence-corrected chi connectivity index (χ2v) is 5.42. The molecule has 1 unspecified atom stereocenters. The Labute approximate surface area is 117 Å². The molecule has 0 spiro atoms. The zero-order valence-corrected chi connectivity index (χ0v) is 12.8. The number of hydrogen-bond donors (Lipinski definition) is 2. The summed E-state index contributed by atoms with van der Waals surface area (Å²) < 4.78 is 1.05. The second-order valence-electron chi connectivity index (χ2n) is 4.50. The predicted molar refractivity (Wildman–Crippen MR) is 78.5 cm³/mol. The highest BCUT2D eigenvalue weighted by molar-refractivity contribution is 9.10. The average Bonchev–Trinajstić information content (AvgIpc) is 2.29. The van der Waals surface area contributed by atoms with Crippen molar-refractivity contribution < 1.29 is 4.79 Å². The number of rotatable bonds is 6. The van der Waals surface area contributed by atoms with Gasteiger partial charge in [0.2, 0.25) is 5.91 Å². The van der Waals surface area contributed by atoms with Crippen molar-refractivity contribution in [3.63, 3.8) is 0 Å². The average molecular weight is 313 g/mol. The van der Waals surface area contributed by atoms with E-state index >= 15 is 0 Å². The molecule has 100 valence electrons. The van der Waals surface area contributed by atoms with E-state index in [9.17, 15) is 4.79 Å². The molecule has 1 amide bonds. The van der Waals surface area contributed by atoms with E-state index in [0.29, 0.717) is 6.42 Å². The third-order valence-corrected chi connectivity index (χ3v) is 3.32. The summed E-state index contributed by atoms with van der Waals surface area (Å²) in [5.41, 5.74) is 1.11. The molecular formula is C14H21BrN2O. The fourth-order valence-electron chi connectivity index (χ4n) is 1.83. The maximum absolute atomic E-state index is 11.8. The Bertz CT molecular complexity index is 378. The van der Waals surface area contributed by atoms with Crippen LogP contribution in [0.3, 0.4) is 0 Å². The molecule has 0 saturated carbocycles. The van der Waals surface area contributed by atoms with E-state index in [4.69, 9.17) is 0 Å². The first-order valence-corrected chi connectivity index (χ1v) is 7.10. The number of carbonyl (C=O) groups excluding carboxylic acids is 1. The minimum absolute atomic E-state index is 0.0411. The standard InChI is InChI=1S/C14H21BrN2O/c1-4-16-10(2)9-14(18)17-11(3)12-5-7-13(15)8-6-12/h5-8,10-11,16H,4,9H2,1-3H3,(H,17,18)/t10?,11-/m0/s1. The van der Waals surface area contributed by atoms with Gasteiger partial charge in [0, 0.05) is 16.9 Å². The molecule has 0 heterocycles. The molecule has 0 saturated heterocycles. The summed E-state index contributed by atoms with van der Waals surface area (Å²) in [4.78, 5) is 11.8. The molecule has 0 aliphatic heterocycles. The summed E-state index contributed by atoms with van der Waals surface area (Å²) >= 11 is 3.40. The summed E-state index contributed by atoms with van der Waals surface area (Å²) in [5.74, 6) is 0.0823. The number of hydrogen-bond acceptors (Lipinski definition) is 2. The van der Waals surface area contributed by atoms with E-state index in [1.54, 1.807) is 0 Å². The van der Waals surface area contributed by atoms with Crippen LogP contribution in [0.25, 0.3) is 0 Å². The van der Waals surface area contributed by atoms with Crippen LogP contribution in [-0.4, -0.2) is 18.5 Å². The first-order valence-electron chi connectivity index (χ1n) is 6.31. The molecule has 0 aliphatic rings. The fraction of sp³-hybridized carbons (Fsp3) is 0.500. The van der Waals surface area contributed by atoms with Crippen LogP contribution in [0.2, 0.25) is 0 Å². The van der Waals surface area contributed by atoms with Crippen LogP contribution in [0.1, 0.15) is 38.8 Å². The van der Waals surface area contributed by atoms with Gasteiger partial charge in [0.05, 0.1) is 6.04 Å². The highest BCUT2D eigenvalue weighted by Crippen LogP contribution is 2.16. The van der Waals surface area contributed by atoms with Gasteiger partial charge in [-0.25, -0.2) is 0 Å². The lowest BCUT2D eigenvalue weighted by molar-refractivity contribution is -0.122. The van der Waals surface area contributed by atoms with Gasteiger partial charge in [0.25, 0.3) is 0 Å². The van der Waals surface area contributed by atoms with Crippen molar-refractivity contribution >= 4 is 21.8 Å². The van der Waals surface area contributed by atoms with Gasteiger partial charge in [-0.3, -0.25) is 4.79 Å². The summed E-state index contributed by atoms with van der Waals surface area (Å²) in [6.45, 7) is 6.95. The first-order chi connectivity index (χ1) is 8.52. The first kappa shape index (κ1) is 15.2. The van der Waals surface area contributed by atoms with Crippen LogP contribution in [0.4, 0.5) is 0 Å². The molecular weight excluding hydrogens is 292 g/mol. The van der Waals surface area contributed by atoms with Gasteiger partial charge in [-0.15, -0.1) is 0 Å². The number of nitrogens with one attached hydrogen (secondary N) is 2. The van der Waals surface area contributed by atoms with Crippen LogP contribution in [0, 0.1) is 0 Å². The van der Waals surface area contributed by atoms with E-state index in [1.165, 1.54) is 0 Å². The van der Waals surface area contributed by atoms with Crippen molar-refractivity contribution in [3.05, 3.63) is 34.3 Å². The summed E-state index contributed by atoms with van der Waals surface area (Å²) in [5, 5.41) is 6.24. The molecule has 1 rings (SSSR count). The largest absolute Gasteiger partial charge is 0.350 e. The Morgan fingerprint density at radius 2 is 1.89 bits per heavy atom. The van der Waals surface area contributed by atoms with E-state index in [1.807, 2.05) is 45.0 Å². The van der Waals surface area contributed by atoms with E-state index in [-0.39, 0.29) is 18.0 Å². The number of benzene rings is 1. The fourth-order valence-corrected chi connectivity index (χ4v) is 2.10. The topological polar surface area (TPSA) is 41.1 Å². The van der Waals surface area contributed by atoms with Gasteiger partial charge < -0.3 is 10.6 Å². The second kappa shape index (κ2) is 7.54. The van der Waals surface area contributed by atoms with Gasteiger partial charge >= 0.3 is 0 Å². The van der Waals surface area contributed by atoms with Crippen molar-refractivity contribution in [1.29, 1.82) is 0 Å². The van der Waals surface area contributed by atoms with E-state index < -0.39 is 0 Å². The van der Waals surface area contributed by atoms with Crippen molar-refractivity contribution in [1.82, 2.24) is 10.6 Å².